The third-order valence-electron chi connectivity index (χ3n) is 3.05. The predicted octanol–water partition coefficient (Wildman–Crippen LogP) is 3.61. The normalized spacial score (nSPS) is 11.5. The first-order valence-electron chi connectivity index (χ1n) is 6.59. The van der Waals surface area contributed by atoms with Crippen molar-refractivity contribution in [3.05, 3.63) is 60.2 Å². The Morgan fingerprint density at radius 3 is 2.15 bits per heavy atom. The first-order chi connectivity index (χ1) is 9.69. The molecule has 0 fully saturated rings. The molecule has 104 valence electrons. The molecule has 0 radical (unpaired) electrons. The Balaban J connectivity index is 1.98. The molecule has 0 bridgehead atoms. The van der Waals surface area contributed by atoms with Crippen LogP contribution in [0, 0.1) is 0 Å². The fourth-order valence-corrected chi connectivity index (χ4v) is 1.92. The van der Waals surface area contributed by atoms with Crippen LogP contribution in [0.3, 0.4) is 0 Å². The van der Waals surface area contributed by atoms with Gasteiger partial charge in [-0.2, -0.15) is 0 Å². The van der Waals surface area contributed by atoms with Crippen LogP contribution in [0.25, 0.3) is 0 Å². The van der Waals surface area contributed by atoms with E-state index in [2.05, 4.69) is 35.0 Å². The summed E-state index contributed by atoms with van der Waals surface area (Å²) in [5.74, 6) is 0. The summed E-state index contributed by atoms with van der Waals surface area (Å²) in [5, 5.41) is 8.67. The van der Waals surface area contributed by atoms with Crippen LogP contribution in [-0.2, 0) is 0 Å². The van der Waals surface area contributed by atoms with Crippen LogP contribution < -0.4 is 16.0 Å². The van der Waals surface area contributed by atoms with Crippen molar-refractivity contribution in [2.75, 3.05) is 17.7 Å². The van der Waals surface area contributed by atoms with Crippen molar-refractivity contribution >= 4 is 17.4 Å². The van der Waals surface area contributed by atoms with E-state index in [1.54, 1.807) is 7.05 Å². The van der Waals surface area contributed by atoms with Crippen LogP contribution >= 0.6 is 0 Å². The van der Waals surface area contributed by atoms with E-state index >= 15 is 0 Å². The van der Waals surface area contributed by atoms with Crippen molar-refractivity contribution < 1.29 is 4.79 Å². The van der Waals surface area contributed by atoms with Crippen LogP contribution in [0.2, 0.25) is 0 Å². The van der Waals surface area contributed by atoms with Crippen LogP contribution in [0.1, 0.15) is 18.5 Å². The lowest BCUT2D eigenvalue weighted by Gasteiger charge is -2.16. The molecule has 20 heavy (non-hydrogen) atoms. The van der Waals surface area contributed by atoms with Gasteiger partial charge in [0.05, 0.1) is 0 Å². The lowest BCUT2D eigenvalue weighted by molar-refractivity contribution is 0.254. The molecular formula is C16H19N3O. The molecule has 4 nitrogen and oxygen atoms in total. The maximum atomic E-state index is 11.2. The number of hydrogen-bond donors (Lipinski definition) is 3. The topological polar surface area (TPSA) is 53.2 Å². The average molecular weight is 269 g/mol. The number of amides is 2. The molecule has 4 heteroatoms. The maximum Gasteiger partial charge on any atom is 0.318 e. The molecule has 0 heterocycles. The van der Waals surface area contributed by atoms with Gasteiger partial charge in [-0.3, -0.25) is 0 Å². The van der Waals surface area contributed by atoms with E-state index in [9.17, 15) is 4.79 Å². The molecule has 0 saturated heterocycles. The summed E-state index contributed by atoms with van der Waals surface area (Å²) in [6.07, 6.45) is 0. The summed E-state index contributed by atoms with van der Waals surface area (Å²) >= 11 is 0. The highest BCUT2D eigenvalue weighted by atomic mass is 16.2. The molecule has 1 unspecified atom stereocenters. The zero-order valence-corrected chi connectivity index (χ0v) is 11.7. The quantitative estimate of drug-likeness (QED) is 0.794. The number of benzene rings is 2. The number of hydrogen-bond acceptors (Lipinski definition) is 2. The van der Waals surface area contributed by atoms with E-state index in [0.717, 1.165) is 11.4 Å². The molecule has 2 aromatic carbocycles. The Hall–Kier alpha value is -2.49. The maximum absolute atomic E-state index is 11.2. The number of rotatable bonds is 4. The molecule has 3 N–H and O–H groups in total. The van der Waals surface area contributed by atoms with Crippen molar-refractivity contribution in [1.29, 1.82) is 0 Å². The third kappa shape index (κ3) is 3.75. The van der Waals surface area contributed by atoms with Crippen LogP contribution in [-0.4, -0.2) is 13.1 Å². The van der Waals surface area contributed by atoms with Crippen molar-refractivity contribution in [3.8, 4) is 0 Å². The molecule has 0 spiro atoms. The monoisotopic (exact) mass is 269 g/mol. The van der Waals surface area contributed by atoms with E-state index < -0.39 is 0 Å². The summed E-state index contributed by atoms with van der Waals surface area (Å²) < 4.78 is 0. The van der Waals surface area contributed by atoms with Gasteiger partial charge in [0.15, 0.2) is 0 Å². The van der Waals surface area contributed by atoms with Gasteiger partial charge in [-0.1, -0.05) is 30.3 Å². The average Bonchev–Trinajstić information content (AvgIpc) is 2.50. The molecular weight excluding hydrogens is 250 g/mol. The zero-order valence-electron chi connectivity index (χ0n) is 11.7. The number of anilines is 2. The summed E-state index contributed by atoms with van der Waals surface area (Å²) in [4.78, 5) is 11.2. The van der Waals surface area contributed by atoms with Gasteiger partial charge in [-0.05, 0) is 36.8 Å². The number of urea groups is 1. The van der Waals surface area contributed by atoms with Crippen molar-refractivity contribution in [2.24, 2.45) is 0 Å². The highest BCUT2D eigenvalue weighted by Gasteiger charge is 2.04. The van der Waals surface area contributed by atoms with E-state index in [1.807, 2.05) is 42.5 Å². The standard InChI is InChI=1S/C16H19N3O/c1-12(13-6-4-3-5-7-13)18-14-8-10-15(11-9-14)19-16(20)17-2/h3-12,18H,1-2H3,(H2,17,19,20). The minimum atomic E-state index is -0.219. The second-order valence-electron chi connectivity index (χ2n) is 4.56. The van der Waals surface area contributed by atoms with Gasteiger partial charge < -0.3 is 16.0 Å². The highest BCUT2D eigenvalue weighted by molar-refractivity contribution is 5.89. The van der Waals surface area contributed by atoms with Gasteiger partial charge in [0, 0.05) is 24.5 Å². The van der Waals surface area contributed by atoms with Crippen LogP contribution in [0.4, 0.5) is 16.2 Å². The predicted molar refractivity (Wildman–Crippen MR) is 83.0 cm³/mol. The lowest BCUT2D eigenvalue weighted by atomic mass is 10.1. The molecule has 0 aromatic heterocycles. The molecule has 2 amide bonds. The van der Waals surface area contributed by atoms with E-state index in [1.165, 1.54) is 5.56 Å². The first kappa shape index (κ1) is 13.9. The Labute approximate surface area is 119 Å². The Morgan fingerprint density at radius 2 is 1.55 bits per heavy atom. The van der Waals surface area contributed by atoms with Crippen LogP contribution in [0.15, 0.2) is 54.6 Å². The lowest BCUT2D eigenvalue weighted by Crippen LogP contribution is -2.24. The van der Waals surface area contributed by atoms with Crippen molar-refractivity contribution in [2.45, 2.75) is 13.0 Å². The Morgan fingerprint density at radius 1 is 0.950 bits per heavy atom. The smallest absolute Gasteiger partial charge is 0.318 e. The largest absolute Gasteiger partial charge is 0.379 e. The minimum Gasteiger partial charge on any atom is -0.379 e. The Bertz CT molecular complexity index is 552. The molecule has 2 rings (SSSR count). The number of carbonyl (C=O) groups excluding carboxylic acids is 1. The fraction of sp³-hybridized carbons (Fsp3) is 0.188. The second kappa shape index (κ2) is 6.61. The van der Waals surface area contributed by atoms with E-state index in [0.29, 0.717) is 0 Å². The third-order valence-corrected chi connectivity index (χ3v) is 3.05. The second-order valence-corrected chi connectivity index (χ2v) is 4.56. The molecule has 0 aliphatic heterocycles. The van der Waals surface area contributed by atoms with Crippen molar-refractivity contribution in [3.63, 3.8) is 0 Å². The van der Waals surface area contributed by atoms with E-state index in [-0.39, 0.29) is 12.1 Å². The molecule has 0 saturated carbocycles. The molecule has 0 aliphatic carbocycles. The fourth-order valence-electron chi connectivity index (χ4n) is 1.92. The zero-order chi connectivity index (χ0) is 14.4. The number of nitrogens with one attached hydrogen (secondary N) is 3. The molecule has 0 aliphatic rings. The first-order valence-corrected chi connectivity index (χ1v) is 6.59. The van der Waals surface area contributed by atoms with Gasteiger partial charge in [0.2, 0.25) is 0 Å². The number of carbonyl (C=O) groups is 1. The summed E-state index contributed by atoms with van der Waals surface area (Å²) in [6, 6.07) is 17.9. The molecule has 2 aromatic rings. The van der Waals surface area contributed by atoms with Gasteiger partial charge in [0.25, 0.3) is 0 Å². The van der Waals surface area contributed by atoms with Crippen LogP contribution in [0.5, 0.6) is 0 Å². The van der Waals surface area contributed by atoms with Gasteiger partial charge in [0.1, 0.15) is 0 Å². The summed E-state index contributed by atoms with van der Waals surface area (Å²) in [5.41, 5.74) is 3.02. The highest BCUT2D eigenvalue weighted by Crippen LogP contribution is 2.20. The van der Waals surface area contributed by atoms with E-state index in [4.69, 9.17) is 0 Å². The van der Waals surface area contributed by atoms with Gasteiger partial charge >= 0.3 is 6.03 Å². The summed E-state index contributed by atoms with van der Waals surface area (Å²) in [6.45, 7) is 2.12. The Kier molecular flexibility index (Phi) is 4.60. The van der Waals surface area contributed by atoms with Gasteiger partial charge in [-0.15, -0.1) is 0 Å². The van der Waals surface area contributed by atoms with Crippen molar-refractivity contribution in [1.82, 2.24) is 5.32 Å². The van der Waals surface area contributed by atoms with Gasteiger partial charge in [-0.25, -0.2) is 4.79 Å². The molecule has 1 atom stereocenters. The SMILES string of the molecule is CNC(=O)Nc1ccc(NC(C)c2ccccc2)cc1. The minimum absolute atomic E-state index is 0.219. The summed E-state index contributed by atoms with van der Waals surface area (Å²) in [7, 11) is 1.59.